The minimum atomic E-state index is -0.408. The molecule has 0 fully saturated rings. The first kappa shape index (κ1) is 26.9. The van der Waals surface area contributed by atoms with E-state index in [9.17, 15) is 4.79 Å². The van der Waals surface area contributed by atoms with Crippen molar-refractivity contribution in [1.82, 2.24) is 19.5 Å². The molecule has 0 saturated heterocycles. The van der Waals surface area contributed by atoms with E-state index in [0.717, 1.165) is 74.2 Å². The number of fused-ring (bicyclic) bond motifs is 2. The van der Waals surface area contributed by atoms with Gasteiger partial charge in [0.15, 0.2) is 5.65 Å². The first-order chi connectivity index (χ1) is 20.0. The number of aromatic nitrogens is 4. The molecular weight excluding hydrogens is 580 g/mol. The molecular formula is C33H29BrN4O3. The van der Waals surface area contributed by atoms with Crippen molar-refractivity contribution < 1.29 is 13.9 Å². The van der Waals surface area contributed by atoms with Gasteiger partial charge < -0.3 is 13.7 Å². The second-order valence-electron chi connectivity index (χ2n) is 10.0. The highest BCUT2D eigenvalue weighted by atomic mass is 79.9. The lowest BCUT2D eigenvalue weighted by Crippen LogP contribution is -2.06. The van der Waals surface area contributed by atoms with Crippen molar-refractivity contribution >= 4 is 44.0 Å². The van der Waals surface area contributed by atoms with E-state index in [4.69, 9.17) is 19.1 Å². The summed E-state index contributed by atoms with van der Waals surface area (Å²) in [5.74, 6) is 1.20. The summed E-state index contributed by atoms with van der Waals surface area (Å²) < 4.78 is 14.2. The van der Waals surface area contributed by atoms with Crippen LogP contribution in [0, 0.1) is 6.92 Å². The molecule has 0 aliphatic carbocycles. The molecule has 0 spiro atoms. The van der Waals surface area contributed by atoms with E-state index in [1.807, 2.05) is 49.4 Å². The first-order valence-electron chi connectivity index (χ1n) is 13.6. The van der Waals surface area contributed by atoms with E-state index in [0.29, 0.717) is 23.4 Å². The zero-order valence-corrected chi connectivity index (χ0v) is 24.7. The molecule has 4 heterocycles. The van der Waals surface area contributed by atoms with Crippen LogP contribution in [0.5, 0.6) is 0 Å². The number of hydrogen-bond acceptors (Lipinski definition) is 6. The monoisotopic (exact) mass is 608 g/mol. The van der Waals surface area contributed by atoms with Crippen LogP contribution >= 0.6 is 15.9 Å². The van der Waals surface area contributed by atoms with Crippen molar-refractivity contribution in [2.75, 3.05) is 7.11 Å². The molecule has 0 aliphatic rings. The van der Waals surface area contributed by atoms with Gasteiger partial charge in [0.25, 0.3) is 0 Å². The van der Waals surface area contributed by atoms with Crippen LogP contribution < -0.4 is 0 Å². The number of carbonyl (C=O) groups excluding carboxylic acids is 1. The fourth-order valence-electron chi connectivity index (χ4n) is 5.20. The Morgan fingerprint density at radius 1 is 1.02 bits per heavy atom. The first-order valence-corrected chi connectivity index (χ1v) is 14.4. The van der Waals surface area contributed by atoms with Gasteiger partial charge in [0, 0.05) is 34.8 Å². The van der Waals surface area contributed by atoms with E-state index >= 15 is 0 Å². The van der Waals surface area contributed by atoms with Gasteiger partial charge in [0.2, 0.25) is 0 Å². The molecule has 0 atom stereocenters. The second-order valence-corrected chi connectivity index (χ2v) is 10.8. The quantitative estimate of drug-likeness (QED) is 0.162. The van der Waals surface area contributed by atoms with E-state index in [1.165, 1.54) is 7.11 Å². The number of halogens is 1. The maximum Gasteiger partial charge on any atom is 0.338 e. The molecule has 0 aliphatic heterocycles. The summed E-state index contributed by atoms with van der Waals surface area (Å²) in [5, 5.41) is 0.929. The zero-order chi connectivity index (χ0) is 28.5. The van der Waals surface area contributed by atoms with Crippen LogP contribution in [0.3, 0.4) is 0 Å². The molecule has 0 N–H and O–H groups in total. The third kappa shape index (κ3) is 5.04. The molecule has 206 valence electrons. The highest BCUT2D eigenvalue weighted by Crippen LogP contribution is 2.40. The zero-order valence-electron chi connectivity index (χ0n) is 23.1. The van der Waals surface area contributed by atoms with Crippen molar-refractivity contribution in [3.05, 3.63) is 100 Å². The van der Waals surface area contributed by atoms with Gasteiger partial charge in [-0.05, 0) is 71.2 Å². The summed E-state index contributed by atoms with van der Waals surface area (Å²) in [7, 11) is 1.38. The Labute approximate surface area is 246 Å². The minimum Gasteiger partial charge on any atom is -0.465 e. The van der Waals surface area contributed by atoms with Crippen molar-refractivity contribution in [1.29, 1.82) is 0 Å². The van der Waals surface area contributed by atoms with Gasteiger partial charge in [-0.2, -0.15) is 0 Å². The smallest absolute Gasteiger partial charge is 0.338 e. The van der Waals surface area contributed by atoms with E-state index in [1.54, 1.807) is 12.3 Å². The molecule has 0 saturated carbocycles. The summed E-state index contributed by atoms with van der Waals surface area (Å²) in [6, 6.07) is 21.5. The lowest BCUT2D eigenvalue weighted by Gasteiger charge is -2.10. The molecule has 0 amide bonds. The number of methoxy groups -OCH3 is 1. The molecule has 8 heteroatoms. The van der Waals surface area contributed by atoms with Crippen molar-refractivity contribution in [2.24, 2.45) is 0 Å². The number of esters is 1. The summed E-state index contributed by atoms with van der Waals surface area (Å²) in [4.78, 5) is 27.0. The summed E-state index contributed by atoms with van der Waals surface area (Å²) in [6.07, 6.45) is 4.80. The molecule has 2 aromatic carbocycles. The van der Waals surface area contributed by atoms with Gasteiger partial charge in [-0.15, -0.1) is 0 Å². The highest BCUT2D eigenvalue weighted by molar-refractivity contribution is 9.10. The third-order valence-electron chi connectivity index (χ3n) is 7.29. The van der Waals surface area contributed by atoms with Crippen LogP contribution in [-0.4, -0.2) is 32.6 Å². The topological polar surface area (TPSA) is 83.0 Å². The number of furan rings is 1. The van der Waals surface area contributed by atoms with Crippen molar-refractivity contribution in [3.8, 4) is 22.6 Å². The number of pyridine rings is 2. The maximum atomic E-state index is 12.4. The second kappa shape index (κ2) is 11.3. The fourth-order valence-corrected chi connectivity index (χ4v) is 5.80. The molecule has 0 unspecified atom stereocenters. The van der Waals surface area contributed by atoms with Gasteiger partial charge in [0.1, 0.15) is 22.7 Å². The Bertz CT molecular complexity index is 1890. The Hall–Kier alpha value is -4.30. The molecule has 7 nitrogen and oxygen atoms in total. The average molecular weight is 610 g/mol. The number of nitrogens with zero attached hydrogens (tertiary/aromatic N) is 4. The fraction of sp³-hybridized carbons (Fsp3) is 0.212. The van der Waals surface area contributed by atoms with Crippen LogP contribution in [0.1, 0.15) is 47.2 Å². The number of rotatable bonds is 8. The summed E-state index contributed by atoms with van der Waals surface area (Å²) >= 11 is 3.75. The number of carbonyl (C=O) groups is 1. The van der Waals surface area contributed by atoms with Gasteiger partial charge in [0.05, 0.1) is 29.4 Å². The molecule has 6 aromatic rings. The number of aryl methyl sites for hydroxylation is 2. The Morgan fingerprint density at radius 3 is 2.63 bits per heavy atom. The average Bonchev–Trinajstić information content (AvgIpc) is 3.51. The molecule has 0 radical (unpaired) electrons. The SMILES string of the molecule is CCCCc1nc2cc(-c3ccccn3)c(C)nc2n1Cc1ccc2oc(-c3ccccc3C(=O)OC)c(Br)c2c1. The largest absolute Gasteiger partial charge is 0.465 e. The van der Waals surface area contributed by atoms with Crippen molar-refractivity contribution in [2.45, 2.75) is 39.7 Å². The van der Waals surface area contributed by atoms with E-state index < -0.39 is 5.97 Å². The molecule has 6 rings (SSSR count). The molecule has 4 aromatic heterocycles. The number of imidazole rings is 1. The predicted molar refractivity (Wildman–Crippen MR) is 164 cm³/mol. The van der Waals surface area contributed by atoms with Gasteiger partial charge in [-0.25, -0.2) is 14.8 Å². The number of unbranched alkanes of at least 4 members (excludes halogenated alkanes) is 1. The number of benzene rings is 2. The van der Waals surface area contributed by atoms with Gasteiger partial charge in [-0.3, -0.25) is 4.98 Å². The lowest BCUT2D eigenvalue weighted by molar-refractivity contribution is 0.0601. The molecule has 0 bridgehead atoms. The number of hydrogen-bond donors (Lipinski definition) is 0. The van der Waals surface area contributed by atoms with Crippen LogP contribution in [-0.2, 0) is 17.7 Å². The van der Waals surface area contributed by atoms with E-state index in [-0.39, 0.29) is 0 Å². The van der Waals surface area contributed by atoms with Crippen LogP contribution in [0.15, 0.2) is 81.8 Å². The van der Waals surface area contributed by atoms with Crippen LogP contribution in [0.25, 0.3) is 44.7 Å². The van der Waals surface area contributed by atoms with Gasteiger partial charge >= 0.3 is 5.97 Å². The highest BCUT2D eigenvalue weighted by Gasteiger charge is 2.21. The normalized spacial score (nSPS) is 11.4. The van der Waals surface area contributed by atoms with Crippen LogP contribution in [0.2, 0.25) is 0 Å². The summed E-state index contributed by atoms with van der Waals surface area (Å²) in [5.41, 5.74) is 7.49. The van der Waals surface area contributed by atoms with E-state index in [2.05, 4.69) is 50.6 Å². The minimum absolute atomic E-state index is 0.408. The Kier molecular flexibility index (Phi) is 7.41. The van der Waals surface area contributed by atoms with Crippen LogP contribution in [0.4, 0.5) is 0 Å². The Balaban J connectivity index is 1.42. The van der Waals surface area contributed by atoms with Crippen molar-refractivity contribution in [3.63, 3.8) is 0 Å². The van der Waals surface area contributed by atoms with Gasteiger partial charge in [-0.1, -0.05) is 43.7 Å². The number of ether oxygens (including phenoxy) is 1. The third-order valence-corrected chi connectivity index (χ3v) is 8.08. The molecule has 41 heavy (non-hydrogen) atoms. The maximum absolute atomic E-state index is 12.4. The Morgan fingerprint density at radius 2 is 1.85 bits per heavy atom. The lowest BCUT2D eigenvalue weighted by atomic mass is 10.0. The summed E-state index contributed by atoms with van der Waals surface area (Å²) in [6.45, 7) is 4.83. The standard InChI is InChI=1S/C33H29BrN4O3/c1-4-5-13-29-37-27-18-24(26-12-8-9-16-35-26)20(2)36-32(27)38(29)19-21-14-15-28-25(17-21)30(34)31(41-28)22-10-6-7-11-23(22)33(39)40-3/h6-12,14-18H,4-5,13,19H2,1-3H3. The predicted octanol–water partition coefficient (Wildman–Crippen LogP) is 8.15.